The van der Waals surface area contributed by atoms with E-state index < -0.39 is 0 Å². The Morgan fingerprint density at radius 2 is 1.97 bits per heavy atom. The summed E-state index contributed by atoms with van der Waals surface area (Å²) in [6, 6.07) is 5.55. The molecule has 1 aliphatic heterocycles. The highest BCUT2D eigenvalue weighted by Crippen LogP contribution is 2.31. The van der Waals surface area contributed by atoms with Crippen molar-refractivity contribution in [3.8, 4) is 5.75 Å². The topological polar surface area (TPSA) is 121 Å². The van der Waals surface area contributed by atoms with E-state index in [-0.39, 0.29) is 23.9 Å². The fourth-order valence-corrected chi connectivity index (χ4v) is 5.05. The molecule has 0 spiro atoms. The van der Waals surface area contributed by atoms with Gasteiger partial charge in [-0.15, -0.1) is 0 Å². The molecule has 1 aromatic carbocycles. The second kappa shape index (κ2) is 13.1. The molecule has 0 radical (unpaired) electrons. The van der Waals surface area contributed by atoms with Crippen LogP contribution in [-0.4, -0.2) is 66.0 Å². The molecule has 1 atom stereocenters. The van der Waals surface area contributed by atoms with Gasteiger partial charge in [0.05, 0.1) is 23.3 Å². The zero-order valence-corrected chi connectivity index (χ0v) is 23.7. The van der Waals surface area contributed by atoms with E-state index in [0.29, 0.717) is 28.8 Å². The number of likely N-dealkylation sites (tertiary alicyclic amines) is 1. The Hall–Kier alpha value is -3.18. The van der Waals surface area contributed by atoms with Gasteiger partial charge in [-0.05, 0) is 91.9 Å². The number of aromatic nitrogens is 2. The van der Waals surface area contributed by atoms with Crippen molar-refractivity contribution < 1.29 is 14.3 Å². The van der Waals surface area contributed by atoms with E-state index in [1.807, 2.05) is 6.20 Å². The van der Waals surface area contributed by atoms with Crippen LogP contribution in [0, 0.1) is 0 Å². The number of hydrogen-bond donors (Lipinski definition) is 4. The number of methoxy groups -OCH3 is 1. The summed E-state index contributed by atoms with van der Waals surface area (Å²) >= 11 is 3.55. The molecular weight excluding hydrogens is 550 g/mol. The number of halogens is 1. The molecule has 38 heavy (non-hydrogen) atoms. The second-order valence-electron chi connectivity index (χ2n) is 9.84. The van der Waals surface area contributed by atoms with Crippen molar-refractivity contribution in [3.63, 3.8) is 0 Å². The number of amides is 2. The van der Waals surface area contributed by atoms with E-state index in [2.05, 4.69) is 59.1 Å². The first-order chi connectivity index (χ1) is 18.3. The summed E-state index contributed by atoms with van der Waals surface area (Å²) in [5, 5.41) is 12.7. The minimum atomic E-state index is -0.105. The van der Waals surface area contributed by atoms with Crippen LogP contribution in [0.15, 0.2) is 40.6 Å². The van der Waals surface area contributed by atoms with Crippen LogP contribution < -0.4 is 26.0 Å². The molecule has 2 fully saturated rings. The van der Waals surface area contributed by atoms with Gasteiger partial charge < -0.3 is 30.9 Å². The van der Waals surface area contributed by atoms with Crippen LogP contribution >= 0.6 is 15.9 Å². The molecule has 204 valence electrons. The van der Waals surface area contributed by atoms with E-state index in [9.17, 15) is 9.59 Å². The molecule has 1 saturated carbocycles. The third kappa shape index (κ3) is 7.44. The first-order valence-corrected chi connectivity index (χ1v) is 13.8. The van der Waals surface area contributed by atoms with Crippen molar-refractivity contribution in [2.24, 2.45) is 0 Å². The number of nitrogens with zero attached hydrogens (tertiary/aromatic N) is 3. The zero-order valence-electron chi connectivity index (χ0n) is 22.1. The van der Waals surface area contributed by atoms with Gasteiger partial charge in [0.2, 0.25) is 11.9 Å². The largest absolute Gasteiger partial charge is 0.495 e. The molecule has 4 rings (SSSR count). The number of carbonyl (C=O) groups excluding carboxylic acids is 2. The Labute approximate surface area is 232 Å². The van der Waals surface area contributed by atoms with Crippen LogP contribution in [0.2, 0.25) is 0 Å². The van der Waals surface area contributed by atoms with Crippen LogP contribution in [0.1, 0.15) is 55.8 Å². The molecule has 1 unspecified atom stereocenters. The third-order valence-electron chi connectivity index (χ3n) is 6.94. The molecule has 11 heteroatoms. The molecule has 1 aromatic heterocycles. The van der Waals surface area contributed by atoms with E-state index in [4.69, 9.17) is 4.74 Å². The maximum atomic E-state index is 12.8. The number of ether oxygens (including phenoxy) is 1. The number of benzene rings is 1. The van der Waals surface area contributed by atoms with Crippen molar-refractivity contribution in [2.45, 2.75) is 57.5 Å². The van der Waals surface area contributed by atoms with E-state index in [1.54, 1.807) is 31.5 Å². The first-order valence-electron chi connectivity index (χ1n) is 13.0. The molecule has 2 heterocycles. The van der Waals surface area contributed by atoms with Crippen molar-refractivity contribution in [1.29, 1.82) is 0 Å². The minimum Gasteiger partial charge on any atom is -0.495 e. The molecule has 2 aromatic rings. The molecule has 0 bridgehead atoms. The van der Waals surface area contributed by atoms with Crippen molar-refractivity contribution in [2.75, 3.05) is 37.9 Å². The lowest BCUT2D eigenvalue weighted by Crippen LogP contribution is -2.43. The smallest absolute Gasteiger partial charge is 0.251 e. The van der Waals surface area contributed by atoms with Crippen LogP contribution in [0.3, 0.4) is 0 Å². The predicted molar refractivity (Wildman–Crippen MR) is 152 cm³/mol. The van der Waals surface area contributed by atoms with Gasteiger partial charge in [0.1, 0.15) is 11.6 Å². The molecule has 1 saturated heterocycles. The summed E-state index contributed by atoms with van der Waals surface area (Å²) in [6.07, 6.45) is 9.44. The summed E-state index contributed by atoms with van der Waals surface area (Å²) < 4.78 is 6.31. The number of hydrogen-bond acceptors (Lipinski definition) is 8. The number of anilines is 3. The van der Waals surface area contributed by atoms with Gasteiger partial charge in [0.25, 0.3) is 5.91 Å². The second-order valence-corrected chi connectivity index (χ2v) is 10.7. The Kier molecular flexibility index (Phi) is 9.57. The van der Waals surface area contributed by atoms with Crippen LogP contribution in [0.5, 0.6) is 5.75 Å². The minimum absolute atomic E-state index is 0.0616. The van der Waals surface area contributed by atoms with E-state index in [0.717, 1.165) is 61.7 Å². The average Bonchev–Trinajstić information content (AvgIpc) is 2.91. The maximum Gasteiger partial charge on any atom is 0.251 e. The standard InChI is InChI=1S/C27H36BrN7O3/c1-17(36)29-15-19-6-4-5-7-22(19)32-25-21(28)16-30-27(34-25)33-23-9-8-18(14-24(23)38-3)26(37)31-20-10-12-35(2)13-11-20/h8-9,14-16,20,22H,4-7,10-13H2,1-3H3,(H,29,36)(H,31,37)(H2,30,32,33,34)/b19-15+. The summed E-state index contributed by atoms with van der Waals surface area (Å²) in [6.45, 7) is 3.47. The Morgan fingerprint density at radius 1 is 1.18 bits per heavy atom. The fourth-order valence-electron chi connectivity index (χ4n) is 4.74. The maximum absolute atomic E-state index is 12.8. The molecular formula is C27H36BrN7O3. The fraction of sp³-hybridized carbons (Fsp3) is 0.481. The number of rotatable bonds is 8. The van der Waals surface area contributed by atoms with Gasteiger partial charge in [0.15, 0.2) is 0 Å². The highest BCUT2D eigenvalue weighted by atomic mass is 79.9. The van der Waals surface area contributed by atoms with Gasteiger partial charge in [0, 0.05) is 30.9 Å². The quantitative estimate of drug-likeness (QED) is 0.364. The number of carbonyl (C=O) groups is 2. The summed E-state index contributed by atoms with van der Waals surface area (Å²) in [5.74, 6) is 1.37. The van der Waals surface area contributed by atoms with Crippen LogP contribution in [-0.2, 0) is 4.79 Å². The van der Waals surface area contributed by atoms with Crippen molar-refractivity contribution in [3.05, 3.63) is 46.2 Å². The lowest BCUT2D eigenvalue weighted by Gasteiger charge is -2.29. The number of piperidine rings is 1. The van der Waals surface area contributed by atoms with Crippen molar-refractivity contribution in [1.82, 2.24) is 25.5 Å². The normalized spacial score (nSPS) is 19.6. The summed E-state index contributed by atoms with van der Waals surface area (Å²) in [4.78, 5) is 35.6. The highest BCUT2D eigenvalue weighted by Gasteiger charge is 2.22. The predicted octanol–water partition coefficient (Wildman–Crippen LogP) is 4.19. The Balaban J connectivity index is 1.45. The van der Waals surface area contributed by atoms with Crippen LogP contribution in [0.25, 0.3) is 0 Å². The third-order valence-corrected chi connectivity index (χ3v) is 7.52. The monoisotopic (exact) mass is 585 g/mol. The lowest BCUT2D eigenvalue weighted by molar-refractivity contribution is -0.118. The molecule has 2 amide bonds. The van der Waals surface area contributed by atoms with Crippen molar-refractivity contribution >= 4 is 45.2 Å². The Bertz CT molecular complexity index is 1180. The molecule has 2 aliphatic rings. The van der Waals surface area contributed by atoms with Crippen LogP contribution in [0.4, 0.5) is 17.5 Å². The summed E-state index contributed by atoms with van der Waals surface area (Å²) in [5.41, 5.74) is 2.34. The summed E-state index contributed by atoms with van der Waals surface area (Å²) in [7, 11) is 3.67. The Morgan fingerprint density at radius 3 is 2.71 bits per heavy atom. The first kappa shape index (κ1) is 27.8. The lowest BCUT2D eigenvalue weighted by atomic mass is 9.90. The van der Waals surface area contributed by atoms with Gasteiger partial charge >= 0.3 is 0 Å². The van der Waals surface area contributed by atoms with Gasteiger partial charge in [-0.3, -0.25) is 9.59 Å². The molecule has 4 N–H and O–H groups in total. The SMILES string of the molecule is COc1cc(C(=O)NC2CCN(C)CC2)ccc1Nc1ncc(Br)c(NC2CCCC/C2=C\NC(C)=O)n1. The van der Waals surface area contributed by atoms with Gasteiger partial charge in [-0.25, -0.2) is 4.98 Å². The number of nitrogens with one attached hydrogen (secondary N) is 4. The average molecular weight is 587 g/mol. The molecule has 10 nitrogen and oxygen atoms in total. The van der Waals surface area contributed by atoms with Gasteiger partial charge in [-0.1, -0.05) is 6.42 Å². The zero-order chi connectivity index (χ0) is 27.1. The molecule has 1 aliphatic carbocycles. The van der Waals surface area contributed by atoms with Gasteiger partial charge in [-0.2, -0.15) is 4.98 Å². The van der Waals surface area contributed by atoms with E-state index >= 15 is 0 Å². The van der Waals surface area contributed by atoms with E-state index in [1.165, 1.54) is 6.92 Å². The highest BCUT2D eigenvalue weighted by molar-refractivity contribution is 9.10.